The van der Waals surface area contributed by atoms with Crippen LogP contribution in [0.2, 0.25) is 0 Å². The Bertz CT molecular complexity index is 1330. The van der Waals surface area contributed by atoms with Gasteiger partial charge >= 0.3 is 5.97 Å². The number of aryl methyl sites for hydroxylation is 1. The number of hydrogen-bond acceptors (Lipinski definition) is 4. The summed E-state index contributed by atoms with van der Waals surface area (Å²) in [7, 11) is 1.60. The zero-order chi connectivity index (χ0) is 24.1. The van der Waals surface area contributed by atoms with Gasteiger partial charge in [-0.15, -0.1) is 0 Å². The van der Waals surface area contributed by atoms with Gasteiger partial charge in [-0.1, -0.05) is 18.2 Å². The van der Waals surface area contributed by atoms with Crippen molar-refractivity contribution in [2.75, 3.05) is 19.0 Å². The number of H-pyrrole nitrogens is 1. The SMILES string of the molecule is COc1ccc(-c2[nH]c3ccccc3c2CCC(=O)OCC(=O)Nc2cc(F)ccc2F)cc1. The summed E-state index contributed by atoms with van der Waals surface area (Å²) in [6, 6.07) is 18.1. The molecule has 0 fully saturated rings. The lowest BCUT2D eigenvalue weighted by Crippen LogP contribution is -2.21. The predicted octanol–water partition coefficient (Wildman–Crippen LogP) is 5.24. The highest BCUT2D eigenvalue weighted by Gasteiger charge is 2.16. The Morgan fingerprint density at radius 2 is 1.76 bits per heavy atom. The molecule has 0 saturated carbocycles. The van der Waals surface area contributed by atoms with E-state index in [1.54, 1.807) is 7.11 Å². The third-order valence-electron chi connectivity index (χ3n) is 5.34. The number of anilines is 1. The summed E-state index contributed by atoms with van der Waals surface area (Å²) in [5, 5.41) is 3.18. The summed E-state index contributed by atoms with van der Waals surface area (Å²) >= 11 is 0. The van der Waals surface area contributed by atoms with Crippen molar-refractivity contribution in [2.45, 2.75) is 12.8 Å². The highest BCUT2D eigenvalue weighted by atomic mass is 19.1. The average Bonchev–Trinajstić information content (AvgIpc) is 3.22. The predicted molar refractivity (Wildman–Crippen MR) is 125 cm³/mol. The number of ether oxygens (including phenoxy) is 2. The van der Waals surface area contributed by atoms with Crippen molar-refractivity contribution >= 4 is 28.5 Å². The zero-order valence-electron chi connectivity index (χ0n) is 18.4. The molecule has 0 spiro atoms. The van der Waals surface area contributed by atoms with Crippen LogP contribution in [0.15, 0.2) is 66.7 Å². The first kappa shape index (κ1) is 23.0. The number of halogens is 2. The third-order valence-corrected chi connectivity index (χ3v) is 5.34. The lowest BCUT2D eigenvalue weighted by molar-refractivity contribution is -0.147. The number of benzene rings is 3. The van der Waals surface area contributed by atoms with E-state index in [-0.39, 0.29) is 12.1 Å². The van der Waals surface area contributed by atoms with Crippen LogP contribution in [0, 0.1) is 11.6 Å². The Morgan fingerprint density at radius 1 is 1.00 bits per heavy atom. The maximum Gasteiger partial charge on any atom is 0.306 e. The van der Waals surface area contributed by atoms with Crippen LogP contribution in [0.4, 0.5) is 14.5 Å². The normalized spacial score (nSPS) is 10.8. The standard InChI is InChI=1S/C26H22F2N2O4/c1-33-18-9-6-16(7-10-18)26-20(19-4-2-3-5-22(19)30-26)11-13-25(32)34-15-24(31)29-23-14-17(27)8-12-21(23)28/h2-10,12,14,30H,11,13,15H2,1H3,(H,29,31). The second-order valence-electron chi connectivity index (χ2n) is 7.59. The molecule has 0 saturated heterocycles. The molecule has 0 aliphatic carbocycles. The number of amides is 1. The molecule has 0 aliphatic rings. The molecule has 4 aromatic rings. The molecule has 0 atom stereocenters. The Morgan fingerprint density at radius 3 is 2.53 bits per heavy atom. The first-order valence-electron chi connectivity index (χ1n) is 10.6. The van der Waals surface area contributed by atoms with Gasteiger partial charge in [0.15, 0.2) is 6.61 Å². The maximum absolute atomic E-state index is 13.7. The van der Waals surface area contributed by atoms with E-state index < -0.39 is 30.1 Å². The van der Waals surface area contributed by atoms with Gasteiger partial charge < -0.3 is 19.8 Å². The topological polar surface area (TPSA) is 80.4 Å². The third kappa shape index (κ3) is 5.23. The average molecular weight is 464 g/mol. The quantitative estimate of drug-likeness (QED) is 0.350. The van der Waals surface area contributed by atoms with E-state index in [0.717, 1.165) is 51.7 Å². The fourth-order valence-electron chi connectivity index (χ4n) is 3.69. The molecule has 8 heteroatoms. The number of carbonyl (C=O) groups is 2. The number of carbonyl (C=O) groups excluding carboxylic acids is 2. The van der Waals surface area contributed by atoms with Crippen molar-refractivity contribution in [3.63, 3.8) is 0 Å². The molecule has 1 heterocycles. The highest BCUT2D eigenvalue weighted by molar-refractivity contribution is 5.93. The van der Waals surface area contributed by atoms with Crippen molar-refractivity contribution in [3.05, 3.63) is 83.9 Å². The zero-order valence-corrected chi connectivity index (χ0v) is 18.4. The molecule has 0 aliphatic heterocycles. The fraction of sp³-hybridized carbons (Fsp3) is 0.154. The molecule has 0 unspecified atom stereocenters. The van der Waals surface area contributed by atoms with Crippen LogP contribution < -0.4 is 10.1 Å². The number of methoxy groups -OCH3 is 1. The van der Waals surface area contributed by atoms with Crippen molar-refractivity contribution in [3.8, 4) is 17.0 Å². The van der Waals surface area contributed by atoms with Gasteiger partial charge in [-0.25, -0.2) is 8.78 Å². The number of nitrogens with one attached hydrogen (secondary N) is 2. The van der Waals surface area contributed by atoms with Crippen molar-refractivity contribution in [2.24, 2.45) is 0 Å². The molecule has 6 nitrogen and oxygen atoms in total. The molecule has 34 heavy (non-hydrogen) atoms. The van der Waals surface area contributed by atoms with Gasteiger partial charge in [-0.05, 0) is 60.0 Å². The van der Waals surface area contributed by atoms with E-state index >= 15 is 0 Å². The minimum atomic E-state index is -0.786. The number of fused-ring (bicyclic) bond motifs is 1. The molecule has 0 radical (unpaired) electrons. The summed E-state index contributed by atoms with van der Waals surface area (Å²) in [5.41, 5.74) is 3.40. The van der Waals surface area contributed by atoms with E-state index in [1.165, 1.54) is 0 Å². The molecule has 3 aromatic carbocycles. The van der Waals surface area contributed by atoms with Gasteiger partial charge in [0.25, 0.3) is 5.91 Å². The molecule has 4 rings (SSSR count). The molecule has 0 bridgehead atoms. The summed E-state index contributed by atoms with van der Waals surface area (Å²) in [4.78, 5) is 27.7. The molecule has 1 amide bonds. The molecular formula is C26H22F2N2O4. The van der Waals surface area contributed by atoms with Gasteiger partial charge in [0.1, 0.15) is 17.4 Å². The van der Waals surface area contributed by atoms with Gasteiger partial charge in [-0.3, -0.25) is 9.59 Å². The molecule has 1 aromatic heterocycles. The number of aromatic nitrogens is 1. The first-order chi connectivity index (χ1) is 16.4. The highest BCUT2D eigenvalue weighted by Crippen LogP contribution is 2.32. The fourth-order valence-corrected chi connectivity index (χ4v) is 3.69. The minimum Gasteiger partial charge on any atom is -0.497 e. The minimum absolute atomic E-state index is 0.0343. The van der Waals surface area contributed by atoms with Crippen LogP contribution in [0.5, 0.6) is 5.75 Å². The maximum atomic E-state index is 13.7. The monoisotopic (exact) mass is 464 g/mol. The van der Waals surface area contributed by atoms with Crippen molar-refractivity contribution in [1.29, 1.82) is 0 Å². The Kier molecular flexibility index (Phi) is 6.87. The van der Waals surface area contributed by atoms with Crippen LogP contribution in [0.25, 0.3) is 22.2 Å². The molecule has 174 valence electrons. The largest absolute Gasteiger partial charge is 0.497 e. The van der Waals surface area contributed by atoms with Crippen LogP contribution in [0.3, 0.4) is 0 Å². The van der Waals surface area contributed by atoms with Crippen LogP contribution in [0.1, 0.15) is 12.0 Å². The Labute approximate surface area is 194 Å². The lowest BCUT2D eigenvalue weighted by Gasteiger charge is -2.09. The number of esters is 1. The van der Waals surface area contributed by atoms with Gasteiger partial charge in [0, 0.05) is 29.1 Å². The van der Waals surface area contributed by atoms with Crippen molar-refractivity contribution < 1.29 is 27.8 Å². The van der Waals surface area contributed by atoms with Gasteiger partial charge in [0.2, 0.25) is 0 Å². The second-order valence-corrected chi connectivity index (χ2v) is 7.59. The van der Waals surface area contributed by atoms with E-state index in [9.17, 15) is 18.4 Å². The Hall–Kier alpha value is -4.20. The van der Waals surface area contributed by atoms with Crippen LogP contribution >= 0.6 is 0 Å². The Balaban J connectivity index is 1.42. The summed E-state index contributed by atoms with van der Waals surface area (Å²) in [6.07, 6.45) is 0.414. The van der Waals surface area contributed by atoms with E-state index in [1.807, 2.05) is 48.5 Å². The smallest absolute Gasteiger partial charge is 0.306 e. The van der Waals surface area contributed by atoms with Gasteiger partial charge in [-0.2, -0.15) is 0 Å². The number of aromatic amines is 1. The molecular weight excluding hydrogens is 442 g/mol. The van der Waals surface area contributed by atoms with Gasteiger partial charge in [0.05, 0.1) is 12.8 Å². The molecule has 2 N–H and O–H groups in total. The van der Waals surface area contributed by atoms with E-state index in [0.29, 0.717) is 6.42 Å². The number of rotatable bonds is 8. The summed E-state index contributed by atoms with van der Waals surface area (Å²) < 4.78 is 37.2. The lowest BCUT2D eigenvalue weighted by atomic mass is 10.0. The summed E-state index contributed by atoms with van der Waals surface area (Å²) in [5.74, 6) is -2.09. The van der Waals surface area contributed by atoms with Crippen LogP contribution in [-0.2, 0) is 20.7 Å². The van der Waals surface area contributed by atoms with Crippen LogP contribution in [-0.4, -0.2) is 30.6 Å². The summed E-state index contributed by atoms with van der Waals surface area (Å²) in [6.45, 7) is -0.603. The van der Waals surface area contributed by atoms with E-state index in [4.69, 9.17) is 9.47 Å². The number of para-hydroxylation sites is 1. The second kappa shape index (κ2) is 10.2. The first-order valence-corrected chi connectivity index (χ1v) is 10.6. The number of hydrogen-bond donors (Lipinski definition) is 2. The van der Waals surface area contributed by atoms with E-state index in [2.05, 4.69) is 10.3 Å². The van der Waals surface area contributed by atoms with Crippen molar-refractivity contribution in [1.82, 2.24) is 4.98 Å².